The molecule has 120 valence electrons. The van der Waals surface area contributed by atoms with Crippen LogP contribution in [0.3, 0.4) is 0 Å². The average Bonchev–Trinajstić information content (AvgIpc) is 2.65. The molecule has 1 atom stereocenters. The summed E-state index contributed by atoms with van der Waals surface area (Å²) in [4.78, 5) is 24.9. The van der Waals surface area contributed by atoms with Crippen LogP contribution >= 0.6 is 11.8 Å². The highest BCUT2D eigenvalue weighted by Crippen LogP contribution is 2.46. The standard InChI is InChI=1S/C14H14F3NO3S/c1-9(19)21-7-13(8-22-14(15,16)17)10-5-3-4-6-11(10)18(2)12(13)20/h3-6H,7-8H2,1-2H3. The summed E-state index contributed by atoms with van der Waals surface area (Å²) in [6.45, 7) is 0.741. The van der Waals surface area contributed by atoms with E-state index >= 15 is 0 Å². The molecule has 0 fully saturated rings. The van der Waals surface area contributed by atoms with Crippen molar-refractivity contribution in [2.75, 3.05) is 24.3 Å². The fourth-order valence-electron chi connectivity index (χ4n) is 2.47. The van der Waals surface area contributed by atoms with Crippen LogP contribution in [-0.4, -0.2) is 36.8 Å². The molecule has 0 aliphatic carbocycles. The number of benzene rings is 1. The molecule has 4 nitrogen and oxygen atoms in total. The van der Waals surface area contributed by atoms with Gasteiger partial charge in [-0.25, -0.2) is 0 Å². The number of amides is 1. The minimum atomic E-state index is -4.47. The lowest BCUT2D eigenvalue weighted by Gasteiger charge is -2.27. The Labute approximate surface area is 129 Å². The number of rotatable bonds is 4. The second-order valence-corrected chi connectivity index (χ2v) is 6.02. The first-order chi connectivity index (χ1) is 10.2. The second kappa shape index (κ2) is 5.83. The molecule has 2 rings (SSSR count). The van der Waals surface area contributed by atoms with Gasteiger partial charge in [0.2, 0.25) is 5.91 Å². The summed E-state index contributed by atoms with van der Waals surface area (Å²) in [5.74, 6) is -1.69. The molecule has 8 heteroatoms. The van der Waals surface area contributed by atoms with E-state index in [1.165, 1.54) is 11.9 Å². The van der Waals surface area contributed by atoms with Crippen molar-refractivity contribution in [2.24, 2.45) is 0 Å². The van der Waals surface area contributed by atoms with E-state index in [0.717, 1.165) is 6.92 Å². The maximum absolute atomic E-state index is 12.6. The fourth-order valence-corrected chi connectivity index (χ4v) is 3.24. The highest BCUT2D eigenvalue weighted by atomic mass is 32.2. The van der Waals surface area contributed by atoms with Crippen molar-refractivity contribution in [3.63, 3.8) is 0 Å². The van der Waals surface area contributed by atoms with E-state index in [4.69, 9.17) is 4.74 Å². The van der Waals surface area contributed by atoms with Gasteiger partial charge >= 0.3 is 11.5 Å². The Balaban J connectivity index is 2.43. The van der Waals surface area contributed by atoms with Gasteiger partial charge in [-0.05, 0) is 23.4 Å². The van der Waals surface area contributed by atoms with Crippen LogP contribution < -0.4 is 4.90 Å². The summed E-state index contributed by atoms with van der Waals surface area (Å²) < 4.78 is 42.7. The summed E-state index contributed by atoms with van der Waals surface area (Å²) in [5.41, 5.74) is -5.01. The first-order valence-corrected chi connectivity index (χ1v) is 7.38. The van der Waals surface area contributed by atoms with Crippen molar-refractivity contribution in [3.8, 4) is 0 Å². The van der Waals surface area contributed by atoms with Crippen LogP contribution in [-0.2, 0) is 19.7 Å². The van der Waals surface area contributed by atoms with Crippen LogP contribution in [0.25, 0.3) is 0 Å². The summed E-state index contributed by atoms with van der Waals surface area (Å²) in [6, 6.07) is 6.59. The number of esters is 1. The lowest BCUT2D eigenvalue weighted by molar-refractivity contribution is -0.144. The molecular formula is C14H14F3NO3S. The van der Waals surface area contributed by atoms with Gasteiger partial charge in [-0.2, -0.15) is 13.2 Å². The molecule has 22 heavy (non-hydrogen) atoms. The van der Waals surface area contributed by atoms with E-state index in [0.29, 0.717) is 11.3 Å². The summed E-state index contributed by atoms with van der Waals surface area (Å²) >= 11 is -0.288. The third kappa shape index (κ3) is 3.06. The molecule has 0 aromatic heterocycles. The monoisotopic (exact) mass is 333 g/mol. The molecule has 1 aliphatic rings. The van der Waals surface area contributed by atoms with Crippen LogP contribution in [0.2, 0.25) is 0 Å². The zero-order valence-electron chi connectivity index (χ0n) is 11.9. The molecule has 0 saturated heterocycles. The Morgan fingerprint density at radius 2 is 2.00 bits per heavy atom. The van der Waals surface area contributed by atoms with E-state index in [1.54, 1.807) is 24.3 Å². The van der Waals surface area contributed by atoms with Gasteiger partial charge in [0.05, 0.1) is 0 Å². The van der Waals surface area contributed by atoms with Crippen molar-refractivity contribution in [1.82, 2.24) is 0 Å². The highest BCUT2D eigenvalue weighted by Gasteiger charge is 2.52. The number of thioether (sulfide) groups is 1. The third-order valence-corrected chi connectivity index (χ3v) is 4.46. The molecule has 0 spiro atoms. The topological polar surface area (TPSA) is 46.6 Å². The number of carbonyl (C=O) groups is 2. The van der Waals surface area contributed by atoms with Crippen LogP contribution in [0.4, 0.5) is 18.9 Å². The number of anilines is 1. The predicted molar refractivity (Wildman–Crippen MR) is 76.7 cm³/mol. The van der Waals surface area contributed by atoms with Gasteiger partial charge in [0.1, 0.15) is 12.0 Å². The number of likely N-dealkylation sites (N-methyl/N-ethyl adjacent to an activating group) is 1. The van der Waals surface area contributed by atoms with Crippen LogP contribution in [0.15, 0.2) is 24.3 Å². The van der Waals surface area contributed by atoms with Gasteiger partial charge in [0, 0.05) is 25.4 Å². The number of para-hydroxylation sites is 1. The van der Waals surface area contributed by atoms with Crippen molar-refractivity contribution in [1.29, 1.82) is 0 Å². The molecule has 0 bridgehead atoms. The molecule has 1 amide bonds. The van der Waals surface area contributed by atoms with E-state index in [9.17, 15) is 22.8 Å². The van der Waals surface area contributed by atoms with E-state index in [-0.39, 0.29) is 11.8 Å². The predicted octanol–water partition coefficient (Wildman–Crippen LogP) is 2.72. The summed E-state index contributed by atoms with van der Waals surface area (Å²) in [5, 5.41) is 0. The van der Waals surface area contributed by atoms with Gasteiger partial charge in [-0.15, -0.1) is 0 Å². The van der Waals surface area contributed by atoms with Crippen LogP contribution in [0.5, 0.6) is 0 Å². The van der Waals surface area contributed by atoms with Gasteiger partial charge in [0.25, 0.3) is 0 Å². The fraction of sp³-hybridized carbons (Fsp3) is 0.429. The largest absolute Gasteiger partial charge is 0.464 e. The molecule has 0 N–H and O–H groups in total. The Kier molecular flexibility index (Phi) is 4.42. The number of halogens is 3. The molecule has 0 saturated carbocycles. The summed E-state index contributed by atoms with van der Waals surface area (Å²) in [7, 11) is 1.49. The number of nitrogens with zero attached hydrogens (tertiary/aromatic N) is 1. The normalized spacial score (nSPS) is 21.0. The van der Waals surface area contributed by atoms with Crippen LogP contribution in [0, 0.1) is 0 Å². The molecule has 1 aliphatic heterocycles. The van der Waals surface area contributed by atoms with Crippen LogP contribution in [0.1, 0.15) is 12.5 Å². The third-order valence-electron chi connectivity index (χ3n) is 3.50. The molecule has 0 radical (unpaired) electrons. The van der Waals surface area contributed by atoms with Gasteiger partial charge in [-0.3, -0.25) is 9.59 Å². The minimum absolute atomic E-state index is 0.288. The SMILES string of the molecule is CC(=O)OCC1(CSC(F)(F)F)C(=O)N(C)c2ccccc21. The second-order valence-electron chi connectivity index (χ2n) is 4.98. The molecule has 1 aromatic carbocycles. The van der Waals surface area contributed by atoms with Crippen molar-refractivity contribution < 1.29 is 27.5 Å². The molecular weight excluding hydrogens is 319 g/mol. The number of carbonyl (C=O) groups excluding carboxylic acids is 2. The van der Waals surface area contributed by atoms with Crippen molar-refractivity contribution >= 4 is 29.3 Å². The van der Waals surface area contributed by atoms with E-state index in [2.05, 4.69) is 0 Å². The zero-order valence-corrected chi connectivity index (χ0v) is 12.8. The average molecular weight is 333 g/mol. The first kappa shape index (κ1) is 16.7. The van der Waals surface area contributed by atoms with Gasteiger partial charge in [-0.1, -0.05) is 18.2 Å². The Bertz CT molecular complexity index is 605. The summed E-state index contributed by atoms with van der Waals surface area (Å²) in [6.07, 6.45) is 0. The van der Waals surface area contributed by atoms with E-state index in [1.807, 2.05) is 0 Å². The number of fused-ring (bicyclic) bond motifs is 1. The maximum atomic E-state index is 12.6. The Morgan fingerprint density at radius 3 is 2.59 bits per heavy atom. The van der Waals surface area contributed by atoms with E-state index < -0.39 is 35.2 Å². The number of ether oxygens (including phenoxy) is 1. The highest BCUT2D eigenvalue weighted by molar-refractivity contribution is 8.00. The molecule has 1 heterocycles. The lowest BCUT2D eigenvalue weighted by atomic mass is 9.84. The number of alkyl halides is 3. The van der Waals surface area contributed by atoms with Crippen molar-refractivity contribution in [3.05, 3.63) is 29.8 Å². The smallest absolute Gasteiger partial charge is 0.441 e. The zero-order chi connectivity index (χ0) is 16.5. The molecule has 1 unspecified atom stereocenters. The van der Waals surface area contributed by atoms with Crippen molar-refractivity contribution in [2.45, 2.75) is 17.8 Å². The molecule has 1 aromatic rings. The Morgan fingerprint density at radius 1 is 1.36 bits per heavy atom. The quantitative estimate of drug-likeness (QED) is 0.795. The minimum Gasteiger partial charge on any atom is -0.464 e. The number of hydrogen-bond acceptors (Lipinski definition) is 4. The maximum Gasteiger partial charge on any atom is 0.441 e. The lowest BCUT2D eigenvalue weighted by Crippen LogP contribution is -2.45. The number of hydrogen-bond donors (Lipinski definition) is 0. The first-order valence-electron chi connectivity index (χ1n) is 6.39. The van der Waals surface area contributed by atoms with Gasteiger partial charge < -0.3 is 9.64 Å². The Hall–Kier alpha value is -1.70. The van der Waals surface area contributed by atoms with Gasteiger partial charge in [0.15, 0.2) is 0 Å².